The van der Waals surface area contributed by atoms with Crippen molar-refractivity contribution < 1.29 is 4.42 Å². The van der Waals surface area contributed by atoms with Crippen LogP contribution in [0.4, 0.5) is 0 Å². The second-order valence-corrected chi connectivity index (χ2v) is 4.82. The van der Waals surface area contributed by atoms with Gasteiger partial charge in [-0.05, 0) is 29.3 Å². The van der Waals surface area contributed by atoms with Crippen molar-refractivity contribution in [3.8, 4) is 22.3 Å². The zero-order valence-corrected chi connectivity index (χ0v) is 11.2. The second-order valence-electron chi connectivity index (χ2n) is 4.82. The summed E-state index contributed by atoms with van der Waals surface area (Å²) in [7, 11) is 0. The third-order valence-corrected chi connectivity index (χ3v) is 3.51. The zero-order valence-electron chi connectivity index (χ0n) is 11.2. The van der Waals surface area contributed by atoms with E-state index in [-0.39, 0.29) is 0 Å². The third-order valence-electron chi connectivity index (χ3n) is 3.51. The van der Waals surface area contributed by atoms with Crippen LogP contribution in [0.3, 0.4) is 0 Å². The van der Waals surface area contributed by atoms with Crippen molar-refractivity contribution in [3.05, 3.63) is 73.4 Å². The normalized spacial score (nSPS) is 10.9. The van der Waals surface area contributed by atoms with Crippen molar-refractivity contribution in [1.82, 2.24) is 9.97 Å². The molecule has 1 aromatic carbocycles. The zero-order chi connectivity index (χ0) is 14.1. The number of hydrogen-bond donors (Lipinski definition) is 0. The number of aromatic nitrogens is 2. The van der Waals surface area contributed by atoms with Crippen molar-refractivity contribution in [2.75, 3.05) is 0 Å². The van der Waals surface area contributed by atoms with E-state index in [1.165, 1.54) is 0 Å². The van der Waals surface area contributed by atoms with Crippen LogP contribution in [0.1, 0.15) is 0 Å². The maximum atomic E-state index is 5.68. The lowest BCUT2D eigenvalue weighted by molar-refractivity contribution is 0.616. The fraction of sp³-hybridized carbons (Fsp3) is 0. The maximum absolute atomic E-state index is 5.68. The summed E-state index contributed by atoms with van der Waals surface area (Å²) < 4.78 is 5.68. The van der Waals surface area contributed by atoms with Gasteiger partial charge in [-0.15, -0.1) is 0 Å². The van der Waals surface area contributed by atoms with E-state index < -0.39 is 0 Å². The predicted molar refractivity (Wildman–Crippen MR) is 82.7 cm³/mol. The molecular weight excluding hydrogens is 260 g/mol. The Morgan fingerprint density at radius 2 is 1.62 bits per heavy atom. The lowest BCUT2D eigenvalue weighted by atomic mass is 10.1. The van der Waals surface area contributed by atoms with E-state index in [0.717, 1.165) is 33.4 Å². The highest BCUT2D eigenvalue weighted by atomic mass is 16.3. The first-order valence-electron chi connectivity index (χ1n) is 6.75. The summed E-state index contributed by atoms with van der Waals surface area (Å²) in [4.78, 5) is 8.62. The Morgan fingerprint density at radius 3 is 2.43 bits per heavy atom. The standard InChI is InChI=1S/C18H12N2O/c1-2-4-13(5-3-1)15-10-17-18(20-11-15)16(12-21-17)14-6-8-19-9-7-14/h1-12H. The maximum Gasteiger partial charge on any atom is 0.153 e. The van der Waals surface area contributed by atoms with Crippen molar-refractivity contribution >= 4 is 11.1 Å². The van der Waals surface area contributed by atoms with Gasteiger partial charge in [-0.2, -0.15) is 0 Å². The Labute approximate surface area is 121 Å². The summed E-state index contributed by atoms with van der Waals surface area (Å²) in [5.41, 5.74) is 5.91. The van der Waals surface area contributed by atoms with Gasteiger partial charge >= 0.3 is 0 Å². The number of hydrogen-bond acceptors (Lipinski definition) is 3. The first kappa shape index (κ1) is 11.9. The molecule has 100 valence electrons. The van der Waals surface area contributed by atoms with E-state index in [1.807, 2.05) is 42.6 Å². The molecule has 0 atom stereocenters. The van der Waals surface area contributed by atoms with Gasteiger partial charge < -0.3 is 4.42 Å². The predicted octanol–water partition coefficient (Wildman–Crippen LogP) is 4.56. The van der Waals surface area contributed by atoms with Crippen LogP contribution in [0, 0.1) is 0 Å². The molecule has 3 nitrogen and oxygen atoms in total. The van der Waals surface area contributed by atoms with Gasteiger partial charge in [-0.3, -0.25) is 9.97 Å². The molecule has 0 radical (unpaired) electrons. The van der Waals surface area contributed by atoms with Crippen LogP contribution < -0.4 is 0 Å². The second kappa shape index (κ2) is 4.87. The molecular formula is C18H12N2O. The van der Waals surface area contributed by atoms with Crippen molar-refractivity contribution in [1.29, 1.82) is 0 Å². The minimum atomic E-state index is 0.795. The molecule has 3 aromatic heterocycles. The molecule has 0 amide bonds. The summed E-state index contributed by atoms with van der Waals surface area (Å²) in [5, 5.41) is 0. The number of rotatable bonds is 2. The fourth-order valence-corrected chi connectivity index (χ4v) is 2.44. The average Bonchev–Trinajstić information content (AvgIpc) is 2.99. The van der Waals surface area contributed by atoms with Crippen LogP contribution in [-0.2, 0) is 0 Å². The van der Waals surface area contributed by atoms with Crippen LogP contribution in [0.15, 0.2) is 77.8 Å². The van der Waals surface area contributed by atoms with Crippen LogP contribution in [0.2, 0.25) is 0 Å². The van der Waals surface area contributed by atoms with E-state index in [4.69, 9.17) is 4.42 Å². The van der Waals surface area contributed by atoms with E-state index in [1.54, 1.807) is 18.7 Å². The Hall–Kier alpha value is -2.94. The molecule has 0 aliphatic carbocycles. The van der Waals surface area contributed by atoms with E-state index >= 15 is 0 Å². The van der Waals surface area contributed by atoms with Crippen LogP contribution >= 0.6 is 0 Å². The summed E-state index contributed by atoms with van der Waals surface area (Å²) >= 11 is 0. The monoisotopic (exact) mass is 272 g/mol. The fourth-order valence-electron chi connectivity index (χ4n) is 2.44. The summed E-state index contributed by atoms with van der Waals surface area (Å²) in [6, 6.07) is 16.1. The van der Waals surface area contributed by atoms with Gasteiger partial charge in [0.2, 0.25) is 0 Å². The molecule has 0 fully saturated rings. The van der Waals surface area contributed by atoms with Gasteiger partial charge in [0.25, 0.3) is 0 Å². The summed E-state index contributed by atoms with van der Waals surface area (Å²) in [6.07, 6.45) is 7.18. The molecule has 4 rings (SSSR count). The first-order chi connectivity index (χ1) is 10.4. The smallest absolute Gasteiger partial charge is 0.153 e. The lowest BCUT2D eigenvalue weighted by Crippen LogP contribution is -1.82. The van der Waals surface area contributed by atoms with E-state index in [9.17, 15) is 0 Å². The average molecular weight is 272 g/mol. The number of benzene rings is 1. The molecule has 3 heterocycles. The molecule has 0 saturated heterocycles. The lowest BCUT2D eigenvalue weighted by Gasteiger charge is -2.01. The number of pyridine rings is 2. The molecule has 0 unspecified atom stereocenters. The first-order valence-corrected chi connectivity index (χ1v) is 6.75. The topological polar surface area (TPSA) is 38.9 Å². The molecule has 0 N–H and O–H groups in total. The number of furan rings is 1. The van der Waals surface area contributed by atoms with Crippen LogP contribution in [-0.4, -0.2) is 9.97 Å². The molecule has 4 aromatic rings. The molecule has 0 bridgehead atoms. The third kappa shape index (κ3) is 2.09. The highest BCUT2D eigenvalue weighted by Gasteiger charge is 2.10. The molecule has 0 aliphatic heterocycles. The molecule has 21 heavy (non-hydrogen) atoms. The van der Waals surface area contributed by atoms with Crippen molar-refractivity contribution in [3.63, 3.8) is 0 Å². The van der Waals surface area contributed by atoms with Gasteiger partial charge in [0, 0.05) is 29.7 Å². The van der Waals surface area contributed by atoms with E-state index in [2.05, 4.69) is 22.1 Å². The summed E-state index contributed by atoms with van der Waals surface area (Å²) in [5.74, 6) is 0. The van der Waals surface area contributed by atoms with Gasteiger partial charge in [-0.1, -0.05) is 30.3 Å². The molecule has 0 aliphatic rings. The van der Waals surface area contributed by atoms with Crippen LogP contribution in [0.5, 0.6) is 0 Å². The van der Waals surface area contributed by atoms with Crippen molar-refractivity contribution in [2.24, 2.45) is 0 Å². The number of fused-ring (bicyclic) bond motifs is 1. The highest BCUT2D eigenvalue weighted by Crippen LogP contribution is 2.31. The minimum Gasteiger partial charge on any atom is -0.462 e. The van der Waals surface area contributed by atoms with Crippen molar-refractivity contribution in [2.45, 2.75) is 0 Å². The Balaban J connectivity index is 1.85. The van der Waals surface area contributed by atoms with Gasteiger partial charge in [0.15, 0.2) is 5.58 Å². The van der Waals surface area contributed by atoms with Gasteiger partial charge in [0.05, 0.1) is 0 Å². The SMILES string of the molecule is c1ccc(-c2cnc3c(-c4ccncc4)coc3c2)cc1. The van der Waals surface area contributed by atoms with Gasteiger partial charge in [-0.25, -0.2) is 0 Å². The van der Waals surface area contributed by atoms with E-state index in [0.29, 0.717) is 0 Å². The minimum absolute atomic E-state index is 0.795. The highest BCUT2D eigenvalue weighted by molar-refractivity contribution is 5.92. The molecule has 0 saturated carbocycles. The van der Waals surface area contributed by atoms with Crippen LogP contribution in [0.25, 0.3) is 33.4 Å². The molecule has 0 spiro atoms. The number of nitrogens with zero attached hydrogens (tertiary/aromatic N) is 2. The Bertz CT molecular complexity index is 883. The van der Waals surface area contributed by atoms with Gasteiger partial charge in [0.1, 0.15) is 11.8 Å². The quantitative estimate of drug-likeness (QED) is 0.537. The summed E-state index contributed by atoms with van der Waals surface area (Å²) in [6.45, 7) is 0. The molecule has 3 heteroatoms. The largest absolute Gasteiger partial charge is 0.462 e. The Morgan fingerprint density at radius 1 is 0.810 bits per heavy atom. The Kier molecular flexibility index (Phi) is 2.75.